The van der Waals surface area contributed by atoms with Gasteiger partial charge < -0.3 is 10.6 Å². The molecule has 1 aromatic carbocycles. The number of piperidine rings is 1. The van der Waals surface area contributed by atoms with E-state index in [9.17, 15) is 14.0 Å². The maximum absolute atomic E-state index is 13.2. The molecule has 0 bridgehead atoms. The quantitative estimate of drug-likeness (QED) is 0.725. The fourth-order valence-corrected chi connectivity index (χ4v) is 4.54. The maximum atomic E-state index is 13.2. The number of aromatic nitrogens is 1. The van der Waals surface area contributed by atoms with E-state index in [4.69, 9.17) is 0 Å². The van der Waals surface area contributed by atoms with Crippen molar-refractivity contribution in [3.05, 3.63) is 46.7 Å². The van der Waals surface area contributed by atoms with Crippen molar-refractivity contribution in [1.82, 2.24) is 15.2 Å². The molecule has 29 heavy (non-hydrogen) atoms. The molecule has 0 radical (unpaired) electrons. The topological polar surface area (TPSA) is 74.3 Å². The van der Waals surface area contributed by atoms with Gasteiger partial charge in [-0.3, -0.25) is 14.5 Å². The summed E-state index contributed by atoms with van der Waals surface area (Å²) in [4.78, 5) is 30.9. The van der Waals surface area contributed by atoms with E-state index in [1.54, 1.807) is 12.1 Å². The summed E-state index contributed by atoms with van der Waals surface area (Å²) in [5.41, 5.74) is 1.51. The normalized spacial score (nSPS) is 19.7. The first-order valence-corrected chi connectivity index (χ1v) is 10.7. The van der Waals surface area contributed by atoms with Crippen molar-refractivity contribution in [3.8, 4) is 0 Å². The number of anilines is 1. The third kappa shape index (κ3) is 6.90. The molecule has 2 heterocycles. The lowest BCUT2D eigenvalue weighted by atomic mass is 9.92. The summed E-state index contributed by atoms with van der Waals surface area (Å²) < 4.78 is 13.2. The van der Waals surface area contributed by atoms with Crippen molar-refractivity contribution in [1.29, 1.82) is 0 Å². The third-order valence-corrected chi connectivity index (χ3v) is 5.63. The molecule has 1 aliphatic heterocycles. The van der Waals surface area contributed by atoms with Gasteiger partial charge in [0.1, 0.15) is 5.82 Å². The van der Waals surface area contributed by atoms with Gasteiger partial charge in [-0.25, -0.2) is 9.37 Å². The number of halogens is 1. The van der Waals surface area contributed by atoms with Gasteiger partial charge in [-0.2, -0.15) is 0 Å². The first-order chi connectivity index (χ1) is 13.9. The molecule has 2 unspecified atom stereocenters. The highest BCUT2D eigenvalue weighted by Crippen LogP contribution is 2.23. The van der Waals surface area contributed by atoms with Crippen molar-refractivity contribution < 1.29 is 14.0 Å². The Morgan fingerprint density at radius 1 is 1.24 bits per heavy atom. The van der Waals surface area contributed by atoms with E-state index in [0.29, 0.717) is 22.5 Å². The molecule has 0 spiro atoms. The molecular formula is C21H27FN4O2S. The van der Waals surface area contributed by atoms with Crippen molar-refractivity contribution in [2.45, 2.75) is 33.2 Å². The van der Waals surface area contributed by atoms with Crippen LogP contribution in [0.5, 0.6) is 0 Å². The lowest BCUT2D eigenvalue weighted by Gasteiger charge is -2.34. The molecule has 1 fully saturated rings. The summed E-state index contributed by atoms with van der Waals surface area (Å²) in [5, 5.41) is 7.76. The Kier molecular flexibility index (Phi) is 7.33. The first kappa shape index (κ1) is 21.4. The molecule has 2 amide bonds. The van der Waals surface area contributed by atoms with Crippen LogP contribution in [0.4, 0.5) is 9.52 Å². The van der Waals surface area contributed by atoms with Crippen LogP contribution in [-0.4, -0.2) is 41.3 Å². The lowest BCUT2D eigenvalue weighted by Crippen LogP contribution is -2.38. The standard InChI is InChI=1S/C21H27FN4O2S/c1-14-6-15(2)11-26(10-14)12-18-13-29-21(24-18)25-20(28)9-23-19(27)8-16-4-3-5-17(22)7-16/h3-5,7,13-15H,6,8-12H2,1-2H3,(H,23,27)(H,24,25,28). The van der Waals surface area contributed by atoms with Gasteiger partial charge in [0, 0.05) is 25.0 Å². The molecule has 156 valence electrons. The number of thiazole rings is 1. The van der Waals surface area contributed by atoms with Gasteiger partial charge >= 0.3 is 0 Å². The first-order valence-electron chi connectivity index (χ1n) is 9.85. The lowest BCUT2D eigenvalue weighted by molar-refractivity contribution is -0.123. The Hall–Kier alpha value is -2.32. The Labute approximate surface area is 174 Å². The van der Waals surface area contributed by atoms with Gasteiger partial charge in [-0.1, -0.05) is 26.0 Å². The van der Waals surface area contributed by atoms with Gasteiger partial charge in [0.25, 0.3) is 0 Å². The molecule has 8 heteroatoms. The van der Waals surface area contributed by atoms with Gasteiger partial charge in [0.2, 0.25) is 11.8 Å². The van der Waals surface area contributed by atoms with Crippen LogP contribution >= 0.6 is 11.3 Å². The van der Waals surface area contributed by atoms with Crippen LogP contribution in [0.15, 0.2) is 29.6 Å². The van der Waals surface area contributed by atoms with Crippen molar-refractivity contribution in [2.75, 3.05) is 25.0 Å². The summed E-state index contributed by atoms with van der Waals surface area (Å²) in [6.45, 7) is 7.33. The summed E-state index contributed by atoms with van der Waals surface area (Å²) in [7, 11) is 0. The van der Waals surface area contributed by atoms with Crippen LogP contribution in [0.2, 0.25) is 0 Å². The summed E-state index contributed by atoms with van der Waals surface area (Å²) in [6, 6.07) is 5.85. The smallest absolute Gasteiger partial charge is 0.245 e. The molecule has 1 saturated heterocycles. The predicted molar refractivity (Wildman–Crippen MR) is 112 cm³/mol. The van der Waals surface area contributed by atoms with Gasteiger partial charge in [-0.05, 0) is 36.0 Å². The van der Waals surface area contributed by atoms with E-state index in [2.05, 4.69) is 34.4 Å². The van der Waals surface area contributed by atoms with E-state index >= 15 is 0 Å². The fraction of sp³-hybridized carbons (Fsp3) is 0.476. The number of rotatable bonds is 7. The largest absolute Gasteiger partial charge is 0.347 e. The fourth-order valence-electron chi connectivity index (χ4n) is 3.82. The number of benzene rings is 1. The molecule has 0 aliphatic carbocycles. The molecule has 0 saturated carbocycles. The van der Waals surface area contributed by atoms with Gasteiger partial charge in [-0.15, -0.1) is 11.3 Å². The molecule has 1 aliphatic rings. The number of hydrogen-bond acceptors (Lipinski definition) is 5. The molecule has 6 nitrogen and oxygen atoms in total. The summed E-state index contributed by atoms with van der Waals surface area (Å²) in [5.74, 6) is 0.318. The number of nitrogens with zero attached hydrogens (tertiary/aromatic N) is 2. The van der Waals surface area contributed by atoms with Gasteiger partial charge in [0.15, 0.2) is 5.13 Å². The Bertz CT molecular complexity index is 847. The van der Waals surface area contributed by atoms with Crippen molar-refractivity contribution in [3.63, 3.8) is 0 Å². The SMILES string of the molecule is CC1CC(C)CN(Cc2csc(NC(=O)CNC(=O)Cc3cccc(F)c3)n2)C1. The molecule has 3 rings (SSSR count). The highest BCUT2D eigenvalue weighted by atomic mass is 32.1. The Balaban J connectivity index is 1.42. The maximum Gasteiger partial charge on any atom is 0.245 e. The van der Waals surface area contributed by atoms with E-state index in [0.717, 1.165) is 25.3 Å². The Morgan fingerprint density at radius 2 is 2.00 bits per heavy atom. The zero-order valence-corrected chi connectivity index (χ0v) is 17.6. The van der Waals surface area contributed by atoms with Gasteiger partial charge in [0.05, 0.1) is 18.7 Å². The monoisotopic (exact) mass is 418 g/mol. The number of amides is 2. The summed E-state index contributed by atoms with van der Waals surface area (Å²) >= 11 is 1.38. The second-order valence-corrected chi connectivity index (χ2v) is 8.77. The highest BCUT2D eigenvalue weighted by molar-refractivity contribution is 7.13. The summed E-state index contributed by atoms with van der Waals surface area (Å²) in [6.07, 6.45) is 1.29. The molecule has 2 aromatic rings. The number of nitrogens with one attached hydrogen (secondary N) is 2. The van der Waals surface area contributed by atoms with Crippen LogP contribution in [0, 0.1) is 17.7 Å². The van der Waals surface area contributed by atoms with Crippen LogP contribution in [0.1, 0.15) is 31.5 Å². The van der Waals surface area contributed by atoms with Crippen molar-refractivity contribution >= 4 is 28.3 Å². The third-order valence-electron chi connectivity index (χ3n) is 4.83. The van der Waals surface area contributed by atoms with Crippen LogP contribution in [-0.2, 0) is 22.6 Å². The minimum absolute atomic E-state index is 0.0269. The number of carbonyl (C=O) groups excluding carboxylic acids is 2. The number of carbonyl (C=O) groups is 2. The highest BCUT2D eigenvalue weighted by Gasteiger charge is 2.22. The zero-order valence-electron chi connectivity index (χ0n) is 16.8. The van der Waals surface area contributed by atoms with Crippen molar-refractivity contribution in [2.24, 2.45) is 11.8 Å². The molecule has 2 N–H and O–H groups in total. The molecule has 1 aromatic heterocycles. The minimum atomic E-state index is -0.388. The second-order valence-electron chi connectivity index (χ2n) is 7.92. The predicted octanol–water partition coefficient (Wildman–Crippen LogP) is 3.06. The van der Waals surface area contributed by atoms with Crippen LogP contribution in [0.25, 0.3) is 0 Å². The van der Waals surface area contributed by atoms with E-state index < -0.39 is 0 Å². The number of hydrogen-bond donors (Lipinski definition) is 2. The Morgan fingerprint density at radius 3 is 2.72 bits per heavy atom. The van der Waals surface area contributed by atoms with Crippen LogP contribution in [0.3, 0.4) is 0 Å². The molecular weight excluding hydrogens is 391 g/mol. The minimum Gasteiger partial charge on any atom is -0.347 e. The molecule has 2 atom stereocenters. The average Bonchev–Trinajstić information content (AvgIpc) is 3.06. The van der Waals surface area contributed by atoms with E-state index in [1.165, 1.54) is 29.9 Å². The van der Waals surface area contributed by atoms with E-state index in [1.807, 2.05) is 5.38 Å². The zero-order chi connectivity index (χ0) is 20.8. The average molecular weight is 419 g/mol. The van der Waals surface area contributed by atoms with E-state index in [-0.39, 0.29) is 30.6 Å². The second kappa shape index (κ2) is 9.93. The number of likely N-dealkylation sites (tertiary alicyclic amines) is 1. The van der Waals surface area contributed by atoms with Crippen LogP contribution < -0.4 is 10.6 Å².